The van der Waals surface area contributed by atoms with E-state index in [0.717, 1.165) is 11.4 Å². The van der Waals surface area contributed by atoms with Crippen LogP contribution in [-0.2, 0) is 10.8 Å². The summed E-state index contributed by atoms with van der Waals surface area (Å²) in [5.41, 5.74) is 13.1. The maximum Gasteiger partial charge on any atom is 0.0526 e. The van der Waals surface area contributed by atoms with Gasteiger partial charge in [0.05, 0.1) is 11.4 Å². The molecule has 158 valence electrons. The van der Waals surface area contributed by atoms with Crippen LogP contribution in [-0.4, -0.2) is 0 Å². The Kier molecular flexibility index (Phi) is 4.02. The Morgan fingerprint density at radius 1 is 0.500 bits per heavy atom. The molecule has 6 rings (SSSR count). The van der Waals surface area contributed by atoms with Crippen LogP contribution in [0.15, 0.2) is 84.9 Å². The van der Waals surface area contributed by atoms with Gasteiger partial charge in [0, 0.05) is 10.8 Å². The van der Waals surface area contributed by atoms with Crippen LogP contribution in [0.5, 0.6) is 0 Å². The Labute approximate surface area is 196 Å². The lowest BCUT2D eigenvalue weighted by Gasteiger charge is -2.26. The highest BCUT2D eigenvalue weighted by molar-refractivity contribution is 7.82. The first kappa shape index (κ1) is 19.7. The number of thiol groups is 1. The molecule has 2 heteroatoms. The molecule has 4 aromatic carbocycles. The van der Waals surface area contributed by atoms with Gasteiger partial charge in [-0.25, -0.2) is 0 Å². The van der Waals surface area contributed by atoms with Gasteiger partial charge in [0.1, 0.15) is 0 Å². The van der Waals surface area contributed by atoms with E-state index in [1.807, 2.05) is 4.31 Å². The molecule has 0 unspecified atom stereocenters. The molecule has 0 aliphatic heterocycles. The quantitative estimate of drug-likeness (QED) is 0.311. The molecular formula is C30H27NS. The van der Waals surface area contributed by atoms with Crippen molar-refractivity contribution in [3.63, 3.8) is 0 Å². The van der Waals surface area contributed by atoms with Crippen LogP contribution < -0.4 is 4.31 Å². The summed E-state index contributed by atoms with van der Waals surface area (Å²) in [5.74, 6) is 0. The summed E-state index contributed by atoms with van der Waals surface area (Å²) in [6.45, 7) is 9.28. The summed E-state index contributed by atoms with van der Waals surface area (Å²) in [5, 5.41) is 0. The van der Waals surface area contributed by atoms with E-state index in [1.54, 1.807) is 0 Å². The van der Waals surface area contributed by atoms with Gasteiger partial charge >= 0.3 is 0 Å². The molecule has 32 heavy (non-hydrogen) atoms. The smallest absolute Gasteiger partial charge is 0.0526 e. The topological polar surface area (TPSA) is 3.24 Å². The first-order valence-corrected chi connectivity index (χ1v) is 11.7. The van der Waals surface area contributed by atoms with Crippen molar-refractivity contribution in [2.24, 2.45) is 0 Å². The predicted molar refractivity (Wildman–Crippen MR) is 139 cm³/mol. The van der Waals surface area contributed by atoms with Crippen molar-refractivity contribution in [1.29, 1.82) is 0 Å². The van der Waals surface area contributed by atoms with Crippen LogP contribution in [0, 0.1) is 0 Å². The summed E-state index contributed by atoms with van der Waals surface area (Å²) >= 11 is 4.96. The molecule has 0 saturated carbocycles. The van der Waals surface area contributed by atoms with E-state index in [2.05, 4.69) is 113 Å². The largest absolute Gasteiger partial charge is 0.287 e. The molecule has 0 saturated heterocycles. The van der Waals surface area contributed by atoms with Crippen molar-refractivity contribution in [3.05, 3.63) is 107 Å². The van der Waals surface area contributed by atoms with Crippen LogP contribution in [0.25, 0.3) is 22.3 Å². The Bertz CT molecular complexity index is 1290. The lowest BCUT2D eigenvalue weighted by atomic mass is 9.82. The highest BCUT2D eigenvalue weighted by atomic mass is 32.1. The summed E-state index contributed by atoms with van der Waals surface area (Å²) in [6.07, 6.45) is 0. The minimum atomic E-state index is -0.0157. The molecule has 0 bridgehead atoms. The summed E-state index contributed by atoms with van der Waals surface area (Å²) in [6, 6.07) is 31.1. The molecule has 0 heterocycles. The number of nitrogens with zero attached hydrogens (tertiary/aromatic N) is 1. The van der Waals surface area contributed by atoms with E-state index in [0.29, 0.717) is 0 Å². The molecule has 0 aromatic heterocycles. The Balaban J connectivity index is 1.43. The van der Waals surface area contributed by atoms with Crippen LogP contribution in [0.2, 0.25) is 0 Å². The number of anilines is 2. The normalized spacial score (nSPS) is 16.2. The standard InChI is InChI=1S/C30H27NS/c1-29(2)25-11-7-5-9-21(25)23-15-13-19(17-27(23)29)31(32)20-14-16-24-22-10-6-8-12-26(22)30(3,4)28(24)18-20/h5-18,32H,1-4H3. The van der Waals surface area contributed by atoms with Gasteiger partial charge in [0.15, 0.2) is 0 Å². The van der Waals surface area contributed by atoms with Crippen LogP contribution in [0.3, 0.4) is 0 Å². The van der Waals surface area contributed by atoms with Crippen LogP contribution >= 0.6 is 12.8 Å². The van der Waals surface area contributed by atoms with E-state index in [-0.39, 0.29) is 10.8 Å². The van der Waals surface area contributed by atoms with Gasteiger partial charge in [-0.2, -0.15) is 0 Å². The minimum Gasteiger partial charge on any atom is -0.287 e. The minimum absolute atomic E-state index is 0.0157. The lowest BCUT2D eigenvalue weighted by molar-refractivity contribution is 0.660. The molecule has 0 amide bonds. The number of hydrogen-bond acceptors (Lipinski definition) is 2. The molecule has 2 aliphatic carbocycles. The molecule has 0 atom stereocenters. The highest BCUT2D eigenvalue weighted by Gasteiger charge is 2.37. The van der Waals surface area contributed by atoms with Crippen LogP contribution in [0.1, 0.15) is 49.9 Å². The first-order chi connectivity index (χ1) is 15.3. The molecule has 0 N–H and O–H groups in total. The van der Waals surface area contributed by atoms with E-state index in [9.17, 15) is 0 Å². The molecule has 4 aromatic rings. The third-order valence-electron chi connectivity index (χ3n) is 7.62. The average molecular weight is 434 g/mol. The van der Waals surface area contributed by atoms with Gasteiger partial charge in [-0.15, -0.1) is 0 Å². The summed E-state index contributed by atoms with van der Waals surface area (Å²) in [7, 11) is 0. The van der Waals surface area contributed by atoms with Crippen molar-refractivity contribution < 1.29 is 0 Å². The fraction of sp³-hybridized carbons (Fsp3) is 0.200. The van der Waals surface area contributed by atoms with E-state index >= 15 is 0 Å². The monoisotopic (exact) mass is 433 g/mol. The fourth-order valence-electron chi connectivity index (χ4n) is 5.80. The lowest BCUT2D eigenvalue weighted by Crippen LogP contribution is -2.16. The number of benzene rings is 4. The number of hydrogen-bond donors (Lipinski definition) is 1. The zero-order chi connectivity index (χ0) is 22.3. The zero-order valence-electron chi connectivity index (χ0n) is 19.0. The van der Waals surface area contributed by atoms with Crippen molar-refractivity contribution >= 4 is 24.2 Å². The second kappa shape index (κ2) is 6.52. The molecular weight excluding hydrogens is 406 g/mol. The van der Waals surface area contributed by atoms with Crippen molar-refractivity contribution in [2.45, 2.75) is 38.5 Å². The molecule has 2 aliphatic rings. The zero-order valence-corrected chi connectivity index (χ0v) is 19.9. The second-order valence-electron chi connectivity index (χ2n) is 10.1. The van der Waals surface area contributed by atoms with Gasteiger partial charge in [-0.3, -0.25) is 4.31 Å². The Morgan fingerprint density at radius 3 is 1.31 bits per heavy atom. The summed E-state index contributed by atoms with van der Waals surface area (Å²) in [4.78, 5) is 0. The average Bonchev–Trinajstić information content (AvgIpc) is 3.18. The van der Waals surface area contributed by atoms with Gasteiger partial charge in [-0.05, 0) is 68.8 Å². The van der Waals surface area contributed by atoms with E-state index < -0.39 is 0 Å². The van der Waals surface area contributed by atoms with Gasteiger partial charge in [-0.1, -0.05) is 101 Å². The first-order valence-electron chi connectivity index (χ1n) is 11.3. The third kappa shape index (κ3) is 2.53. The second-order valence-corrected chi connectivity index (χ2v) is 10.5. The molecule has 1 nitrogen and oxygen atoms in total. The maximum atomic E-state index is 4.96. The Morgan fingerprint density at radius 2 is 0.875 bits per heavy atom. The van der Waals surface area contributed by atoms with Crippen molar-refractivity contribution in [2.75, 3.05) is 4.31 Å². The van der Waals surface area contributed by atoms with Gasteiger partial charge in [0.25, 0.3) is 0 Å². The maximum absolute atomic E-state index is 4.96. The van der Waals surface area contributed by atoms with Gasteiger partial charge < -0.3 is 0 Å². The molecule has 0 radical (unpaired) electrons. The van der Waals surface area contributed by atoms with E-state index in [1.165, 1.54) is 44.5 Å². The van der Waals surface area contributed by atoms with E-state index in [4.69, 9.17) is 12.8 Å². The van der Waals surface area contributed by atoms with Crippen LogP contribution in [0.4, 0.5) is 11.4 Å². The Hall–Kier alpha value is -2.97. The third-order valence-corrected chi connectivity index (χ3v) is 8.09. The SMILES string of the molecule is CC1(C)c2ccccc2-c2ccc(N(S)c3ccc4c(c3)C(C)(C)c3ccccc3-4)cc21. The summed E-state index contributed by atoms with van der Waals surface area (Å²) < 4.78 is 2.03. The number of rotatable bonds is 2. The van der Waals surface area contributed by atoms with Gasteiger partial charge in [0.2, 0.25) is 0 Å². The fourth-order valence-corrected chi connectivity index (χ4v) is 6.05. The van der Waals surface area contributed by atoms with Crippen molar-refractivity contribution in [1.82, 2.24) is 0 Å². The molecule has 0 fully saturated rings. The van der Waals surface area contributed by atoms with Crippen molar-refractivity contribution in [3.8, 4) is 22.3 Å². The highest BCUT2D eigenvalue weighted by Crippen LogP contribution is 2.52. The number of fused-ring (bicyclic) bond motifs is 6. The predicted octanol–water partition coefficient (Wildman–Crippen LogP) is 8.28. The molecule has 0 spiro atoms.